The van der Waals surface area contributed by atoms with E-state index in [1.165, 1.54) is 7.11 Å². The molecule has 0 aliphatic carbocycles. The van der Waals surface area contributed by atoms with Crippen molar-refractivity contribution in [2.45, 2.75) is 25.6 Å². The standard InChI is InChI=1S/C33H30O6/c1-37-30-20-12-11-19-27(30)28(21-29(34)26-17-9-4-10-18-26)31(32(35)38-22-24-13-5-2-6-14-24)33(36)39-23-25-15-7-3-8-16-25/h2-20,28,31H,21-23H2,1H3/t28-/m0/s1. The maximum Gasteiger partial charge on any atom is 0.321 e. The molecule has 0 fully saturated rings. The van der Waals surface area contributed by atoms with Crippen LogP contribution in [-0.2, 0) is 32.3 Å². The summed E-state index contributed by atoms with van der Waals surface area (Å²) in [5.74, 6) is -3.59. The highest BCUT2D eigenvalue weighted by Gasteiger charge is 2.41. The van der Waals surface area contributed by atoms with Gasteiger partial charge in [-0.3, -0.25) is 14.4 Å². The van der Waals surface area contributed by atoms with Gasteiger partial charge in [-0.05, 0) is 22.8 Å². The Morgan fingerprint density at radius 1 is 0.615 bits per heavy atom. The number of hydrogen-bond acceptors (Lipinski definition) is 6. The summed E-state index contributed by atoms with van der Waals surface area (Å²) in [6.07, 6.45) is -0.129. The summed E-state index contributed by atoms with van der Waals surface area (Å²) in [7, 11) is 1.51. The Balaban J connectivity index is 1.69. The van der Waals surface area contributed by atoms with Crippen molar-refractivity contribution in [2.75, 3.05) is 7.11 Å². The number of methoxy groups -OCH3 is 1. The topological polar surface area (TPSA) is 78.9 Å². The molecule has 6 heteroatoms. The van der Waals surface area contributed by atoms with Gasteiger partial charge in [0.15, 0.2) is 11.7 Å². The number of carbonyl (C=O) groups is 3. The lowest BCUT2D eigenvalue weighted by molar-refractivity contribution is -0.165. The molecule has 0 radical (unpaired) electrons. The normalized spacial score (nSPS) is 11.4. The third kappa shape index (κ3) is 7.42. The Morgan fingerprint density at radius 2 is 1.08 bits per heavy atom. The fourth-order valence-corrected chi connectivity index (χ4v) is 4.38. The number of ether oxygens (including phenoxy) is 3. The highest BCUT2D eigenvalue weighted by Crippen LogP contribution is 2.37. The number of ketones is 1. The van der Waals surface area contributed by atoms with Crippen LogP contribution in [0.5, 0.6) is 5.75 Å². The fraction of sp³-hybridized carbons (Fsp3) is 0.182. The van der Waals surface area contributed by atoms with Crippen molar-refractivity contribution in [1.29, 1.82) is 0 Å². The van der Waals surface area contributed by atoms with Crippen molar-refractivity contribution >= 4 is 17.7 Å². The van der Waals surface area contributed by atoms with Crippen molar-refractivity contribution in [3.05, 3.63) is 138 Å². The van der Waals surface area contributed by atoms with Crippen LogP contribution in [0.25, 0.3) is 0 Å². The Hall–Kier alpha value is -4.71. The van der Waals surface area contributed by atoms with Gasteiger partial charge >= 0.3 is 11.9 Å². The zero-order chi connectivity index (χ0) is 27.5. The van der Waals surface area contributed by atoms with Gasteiger partial charge < -0.3 is 14.2 Å². The van der Waals surface area contributed by atoms with E-state index in [4.69, 9.17) is 14.2 Å². The molecule has 0 N–H and O–H groups in total. The molecule has 0 unspecified atom stereocenters. The molecule has 0 heterocycles. The summed E-state index contributed by atoms with van der Waals surface area (Å²) < 4.78 is 16.8. The zero-order valence-corrected chi connectivity index (χ0v) is 21.7. The Labute approximate surface area is 228 Å². The number of esters is 2. The fourth-order valence-electron chi connectivity index (χ4n) is 4.38. The first-order chi connectivity index (χ1) is 19.1. The molecule has 0 amide bonds. The van der Waals surface area contributed by atoms with Crippen LogP contribution < -0.4 is 4.74 Å². The van der Waals surface area contributed by atoms with Gasteiger partial charge in [-0.15, -0.1) is 0 Å². The molecule has 0 bridgehead atoms. The Bertz CT molecular complexity index is 1310. The molecule has 39 heavy (non-hydrogen) atoms. The maximum absolute atomic E-state index is 13.6. The minimum absolute atomic E-state index is 0.0204. The van der Waals surface area contributed by atoms with Crippen LogP contribution >= 0.6 is 0 Å². The highest BCUT2D eigenvalue weighted by atomic mass is 16.6. The van der Waals surface area contributed by atoms with Gasteiger partial charge in [0, 0.05) is 17.9 Å². The van der Waals surface area contributed by atoms with E-state index in [1.54, 1.807) is 48.5 Å². The van der Waals surface area contributed by atoms with Crippen LogP contribution in [0, 0.1) is 5.92 Å². The van der Waals surface area contributed by atoms with E-state index in [9.17, 15) is 14.4 Å². The minimum Gasteiger partial charge on any atom is -0.496 e. The number of carbonyl (C=O) groups excluding carboxylic acids is 3. The molecule has 1 atom stereocenters. The number of rotatable bonds is 12. The van der Waals surface area contributed by atoms with Crippen LogP contribution in [0.4, 0.5) is 0 Å². The van der Waals surface area contributed by atoms with Gasteiger partial charge in [-0.2, -0.15) is 0 Å². The van der Waals surface area contributed by atoms with Crippen molar-refractivity contribution in [3.63, 3.8) is 0 Å². The van der Waals surface area contributed by atoms with E-state index in [2.05, 4.69) is 0 Å². The predicted molar refractivity (Wildman–Crippen MR) is 147 cm³/mol. The number of hydrogen-bond donors (Lipinski definition) is 0. The van der Waals surface area contributed by atoms with Gasteiger partial charge in [0.1, 0.15) is 19.0 Å². The second-order valence-electron chi connectivity index (χ2n) is 9.01. The predicted octanol–water partition coefficient (Wildman–Crippen LogP) is 6.15. The van der Waals surface area contributed by atoms with Crippen LogP contribution in [-0.4, -0.2) is 24.8 Å². The molecule has 4 rings (SSSR count). The molecule has 198 valence electrons. The van der Waals surface area contributed by atoms with Crippen LogP contribution in [0.2, 0.25) is 0 Å². The van der Waals surface area contributed by atoms with Crippen molar-refractivity contribution < 1.29 is 28.6 Å². The largest absolute Gasteiger partial charge is 0.496 e. The van der Waals surface area contributed by atoms with Crippen molar-refractivity contribution in [3.8, 4) is 5.75 Å². The summed E-state index contributed by atoms with van der Waals surface area (Å²) in [4.78, 5) is 40.6. The summed E-state index contributed by atoms with van der Waals surface area (Å²) in [5.41, 5.74) is 2.57. The zero-order valence-electron chi connectivity index (χ0n) is 21.7. The smallest absolute Gasteiger partial charge is 0.321 e. The lowest BCUT2D eigenvalue weighted by Gasteiger charge is -2.26. The van der Waals surface area contributed by atoms with Crippen molar-refractivity contribution in [2.24, 2.45) is 5.92 Å². The van der Waals surface area contributed by atoms with E-state index < -0.39 is 23.8 Å². The van der Waals surface area contributed by atoms with E-state index in [-0.39, 0.29) is 25.4 Å². The highest BCUT2D eigenvalue weighted by molar-refractivity contribution is 6.00. The summed E-state index contributed by atoms with van der Waals surface area (Å²) in [6, 6.07) is 34.2. The summed E-state index contributed by atoms with van der Waals surface area (Å²) in [5, 5.41) is 0. The SMILES string of the molecule is COc1ccccc1[C@H](CC(=O)c1ccccc1)C(C(=O)OCc1ccccc1)C(=O)OCc1ccccc1. The molecule has 0 saturated heterocycles. The molecule has 0 spiro atoms. The third-order valence-corrected chi connectivity index (χ3v) is 6.40. The monoisotopic (exact) mass is 522 g/mol. The second-order valence-corrected chi connectivity index (χ2v) is 9.01. The average Bonchev–Trinajstić information content (AvgIpc) is 3.00. The summed E-state index contributed by atoms with van der Waals surface area (Å²) in [6.45, 7) is -0.0408. The number of Topliss-reactive ketones (excluding diaryl/α,β-unsaturated/α-hetero) is 1. The van der Waals surface area contributed by atoms with Gasteiger partial charge in [0.25, 0.3) is 0 Å². The van der Waals surface area contributed by atoms with E-state index in [0.29, 0.717) is 16.9 Å². The maximum atomic E-state index is 13.6. The first kappa shape index (κ1) is 27.3. The average molecular weight is 523 g/mol. The van der Waals surface area contributed by atoms with E-state index in [0.717, 1.165) is 11.1 Å². The lowest BCUT2D eigenvalue weighted by atomic mass is 9.80. The molecule has 0 aromatic heterocycles. The van der Waals surface area contributed by atoms with E-state index in [1.807, 2.05) is 66.7 Å². The van der Waals surface area contributed by atoms with Gasteiger partial charge in [0.2, 0.25) is 0 Å². The van der Waals surface area contributed by atoms with Gasteiger partial charge in [-0.25, -0.2) is 0 Å². The number of benzene rings is 4. The van der Waals surface area contributed by atoms with E-state index >= 15 is 0 Å². The van der Waals surface area contributed by atoms with Gasteiger partial charge in [-0.1, -0.05) is 109 Å². The Morgan fingerprint density at radius 3 is 1.59 bits per heavy atom. The molecule has 0 aliphatic heterocycles. The number of para-hydroxylation sites is 1. The molecule has 4 aromatic carbocycles. The first-order valence-corrected chi connectivity index (χ1v) is 12.7. The quantitative estimate of drug-likeness (QED) is 0.126. The van der Waals surface area contributed by atoms with Crippen LogP contribution in [0.1, 0.15) is 39.4 Å². The van der Waals surface area contributed by atoms with Gasteiger partial charge in [0.05, 0.1) is 7.11 Å². The summed E-state index contributed by atoms with van der Waals surface area (Å²) >= 11 is 0. The Kier molecular flexibility index (Phi) is 9.62. The van der Waals surface area contributed by atoms with Crippen LogP contribution in [0.15, 0.2) is 115 Å². The van der Waals surface area contributed by atoms with Crippen molar-refractivity contribution in [1.82, 2.24) is 0 Å². The molecule has 4 aromatic rings. The molecule has 6 nitrogen and oxygen atoms in total. The van der Waals surface area contributed by atoms with Crippen LogP contribution in [0.3, 0.4) is 0 Å². The third-order valence-electron chi connectivity index (χ3n) is 6.40. The second kappa shape index (κ2) is 13.7. The first-order valence-electron chi connectivity index (χ1n) is 12.7. The molecule has 0 saturated carbocycles. The molecule has 0 aliphatic rings. The molecular formula is C33H30O6. The molecular weight excluding hydrogens is 492 g/mol. The lowest BCUT2D eigenvalue weighted by Crippen LogP contribution is -2.34. The minimum atomic E-state index is -1.40.